The summed E-state index contributed by atoms with van der Waals surface area (Å²) in [6, 6.07) is 21.4. The standard InChI is InChI=1S/C28H24BrClN4O4/c1-38-21-9-5-6-18(14-21)16-31-26(35)25-24-17-32(27(36)19-10-11-22(29)23(30)15-19)12-13-33(24)28(37)34(25)20-7-3-2-4-8-20/h2-11,14-15H,12-13,16-17H2,1H3,(H,31,35). The van der Waals surface area contributed by atoms with E-state index in [0.29, 0.717) is 38.7 Å². The third kappa shape index (κ3) is 4.99. The van der Waals surface area contributed by atoms with Gasteiger partial charge in [-0.05, 0) is 64.0 Å². The van der Waals surface area contributed by atoms with Crippen LogP contribution in [0.25, 0.3) is 5.69 Å². The Kier molecular flexibility index (Phi) is 7.40. The van der Waals surface area contributed by atoms with Crippen molar-refractivity contribution in [2.75, 3.05) is 13.7 Å². The average Bonchev–Trinajstić information content (AvgIpc) is 3.25. The Hall–Kier alpha value is -3.82. The second kappa shape index (κ2) is 10.9. The first-order valence-electron chi connectivity index (χ1n) is 11.9. The molecule has 1 aliphatic heterocycles. The summed E-state index contributed by atoms with van der Waals surface area (Å²) in [5, 5.41) is 3.36. The molecule has 2 heterocycles. The smallest absolute Gasteiger partial charge is 0.333 e. The number of rotatable bonds is 6. The summed E-state index contributed by atoms with van der Waals surface area (Å²) in [7, 11) is 1.58. The molecule has 38 heavy (non-hydrogen) atoms. The van der Waals surface area contributed by atoms with Crippen LogP contribution >= 0.6 is 27.5 Å². The van der Waals surface area contributed by atoms with Gasteiger partial charge in [-0.25, -0.2) is 4.79 Å². The second-order valence-electron chi connectivity index (χ2n) is 8.79. The number of amides is 2. The van der Waals surface area contributed by atoms with E-state index in [4.69, 9.17) is 16.3 Å². The van der Waals surface area contributed by atoms with Crippen LogP contribution in [0.15, 0.2) is 82.1 Å². The molecule has 0 aliphatic carbocycles. The Balaban J connectivity index is 1.51. The van der Waals surface area contributed by atoms with E-state index in [0.717, 1.165) is 5.56 Å². The highest BCUT2D eigenvalue weighted by molar-refractivity contribution is 9.10. The highest BCUT2D eigenvalue weighted by Crippen LogP contribution is 2.26. The summed E-state index contributed by atoms with van der Waals surface area (Å²) in [6.07, 6.45) is 0. The van der Waals surface area contributed by atoms with E-state index in [1.54, 1.807) is 46.9 Å². The molecule has 8 nitrogen and oxygen atoms in total. The summed E-state index contributed by atoms with van der Waals surface area (Å²) in [5.41, 5.74) is 2.21. The summed E-state index contributed by atoms with van der Waals surface area (Å²) in [4.78, 5) is 42.1. The number of hydrogen-bond donors (Lipinski definition) is 1. The van der Waals surface area contributed by atoms with Crippen molar-refractivity contribution in [3.8, 4) is 11.4 Å². The number of halogens is 2. The first-order chi connectivity index (χ1) is 18.4. The Morgan fingerprint density at radius 2 is 1.82 bits per heavy atom. The number of aromatic nitrogens is 2. The quantitative estimate of drug-likeness (QED) is 0.352. The fourth-order valence-electron chi connectivity index (χ4n) is 4.54. The maximum atomic E-state index is 13.6. The number of methoxy groups -OCH3 is 1. The van der Waals surface area contributed by atoms with Gasteiger partial charge in [0, 0.05) is 29.7 Å². The van der Waals surface area contributed by atoms with Gasteiger partial charge in [0.05, 0.1) is 30.1 Å². The summed E-state index contributed by atoms with van der Waals surface area (Å²) in [5.74, 6) is 0.0400. The third-order valence-corrected chi connectivity index (χ3v) is 7.68. The Morgan fingerprint density at radius 1 is 1.03 bits per heavy atom. The molecular formula is C28H24BrClN4O4. The van der Waals surface area contributed by atoms with Crippen molar-refractivity contribution in [1.82, 2.24) is 19.4 Å². The van der Waals surface area contributed by atoms with Gasteiger partial charge in [0.25, 0.3) is 11.8 Å². The molecule has 0 unspecified atom stereocenters. The maximum Gasteiger partial charge on any atom is 0.333 e. The monoisotopic (exact) mass is 594 g/mol. The molecule has 4 aromatic rings. The zero-order valence-corrected chi connectivity index (χ0v) is 22.8. The zero-order valence-electron chi connectivity index (χ0n) is 20.5. The highest BCUT2D eigenvalue weighted by atomic mass is 79.9. The van der Waals surface area contributed by atoms with Crippen LogP contribution in [0.3, 0.4) is 0 Å². The van der Waals surface area contributed by atoms with E-state index < -0.39 is 5.91 Å². The lowest BCUT2D eigenvalue weighted by Gasteiger charge is -2.28. The van der Waals surface area contributed by atoms with Crippen molar-refractivity contribution in [3.63, 3.8) is 0 Å². The number of benzene rings is 3. The first kappa shape index (κ1) is 25.8. The van der Waals surface area contributed by atoms with Crippen LogP contribution in [0.4, 0.5) is 0 Å². The van der Waals surface area contributed by atoms with Gasteiger partial charge in [0.1, 0.15) is 11.4 Å². The maximum absolute atomic E-state index is 13.6. The predicted octanol–water partition coefficient (Wildman–Crippen LogP) is 4.65. The number of hydrogen-bond acceptors (Lipinski definition) is 4. The van der Waals surface area contributed by atoms with E-state index in [2.05, 4.69) is 21.2 Å². The van der Waals surface area contributed by atoms with Gasteiger partial charge in [0.2, 0.25) is 0 Å². The molecule has 5 rings (SSSR count). The van der Waals surface area contributed by atoms with Crippen molar-refractivity contribution in [2.45, 2.75) is 19.6 Å². The van der Waals surface area contributed by atoms with Gasteiger partial charge in [-0.3, -0.25) is 18.7 Å². The van der Waals surface area contributed by atoms with E-state index in [1.807, 2.05) is 42.5 Å². The molecule has 0 radical (unpaired) electrons. The molecule has 0 spiro atoms. The molecule has 1 aliphatic rings. The predicted molar refractivity (Wildman–Crippen MR) is 148 cm³/mol. The van der Waals surface area contributed by atoms with E-state index in [9.17, 15) is 14.4 Å². The lowest BCUT2D eigenvalue weighted by molar-refractivity contribution is 0.0706. The molecule has 0 saturated carbocycles. The minimum atomic E-state index is -0.413. The van der Waals surface area contributed by atoms with E-state index in [-0.39, 0.29) is 36.9 Å². The molecule has 0 bridgehead atoms. The molecule has 2 amide bonds. The van der Waals surface area contributed by atoms with Gasteiger partial charge in [-0.15, -0.1) is 0 Å². The molecule has 0 fully saturated rings. The van der Waals surface area contributed by atoms with Crippen molar-refractivity contribution in [1.29, 1.82) is 0 Å². The first-order valence-corrected chi connectivity index (χ1v) is 13.1. The number of carbonyl (C=O) groups is 2. The van der Waals surface area contributed by atoms with Crippen LogP contribution in [0.2, 0.25) is 5.02 Å². The number of fused-ring (bicyclic) bond motifs is 1. The number of para-hydroxylation sites is 1. The molecule has 0 atom stereocenters. The Labute approximate surface area is 232 Å². The van der Waals surface area contributed by atoms with E-state index >= 15 is 0 Å². The third-order valence-electron chi connectivity index (χ3n) is 6.45. The molecule has 1 N–H and O–H groups in total. The minimum Gasteiger partial charge on any atom is -0.497 e. The Bertz CT molecular complexity index is 1580. The fourth-order valence-corrected chi connectivity index (χ4v) is 4.97. The van der Waals surface area contributed by atoms with Crippen molar-refractivity contribution in [3.05, 3.63) is 115 Å². The van der Waals surface area contributed by atoms with Crippen LogP contribution in [0.5, 0.6) is 5.75 Å². The number of nitrogens with one attached hydrogen (secondary N) is 1. The van der Waals surface area contributed by atoms with Gasteiger partial charge in [-0.2, -0.15) is 0 Å². The van der Waals surface area contributed by atoms with Crippen LogP contribution in [-0.4, -0.2) is 39.5 Å². The van der Waals surface area contributed by atoms with Gasteiger partial charge < -0.3 is 15.0 Å². The van der Waals surface area contributed by atoms with Crippen molar-refractivity contribution < 1.29 is 14.3 Å². The zero-order chi connectivity index (χ0) is 26.8. The van der Waals surface area contributed by atoms with Crippen molar-refractivity contribution >= 4 is 39.3 Å². The van der Waals surface area contributed by atoms with Gasteiger partial charge in [-0.1, -0.05) is 41.9 Å². The molecular weight excluding hydrogens is 572 g/mol. The van der Waals surface area contributed by atoms with Crippen LogP contribution in [0.1, 0.15) is 32.1 Å². The molecule has 0 saturated heterocycles. The largest absolute Gasteiger partial charge is 0.497 e. The number of ether oxygens (including phenoxy) is 1. The molecule has 3 aromatic carbocycles. The minimum absolute atomic E-state index is 0.101. The van der Waals surface area contributed by atoms with E-state index in [1.165, 1.54) is 4.57 Å². The fraction of sp³-hybridized carbons (Fsp3) is 0.179. The average molecular weight is 596 g/mol. The summed E-state index contributed by atoms with van der Waals surface area (Å²) in [6.45, 7) is 0.927. The normalized spacial score (nSPS) is 12.7. The molecule has 1 aromatic heterocycles. The lowest BCUT2D eigenvalue weighted by atomic mass is 10.1. The SMILES string of the molecule is COc1cccc(CNC(=O)c2c3n(c(=O)n2-c2ccccc2)CCN(C(=O)c2ccc(Br)c(Cl)c2)C3)c1. The van der Waals surface area contributed by atoms with Gasteiger partial charge >= 0.3 is 5.69 Å². The van der Waals surface area contributed by atoms with Crippen LogP contribution in [-0.2, 0) is 19.6 Å². The Morgan fingerprint density at radius 3 is 2.55 bits per heavy atom. The topological polar surface area (TPSA) is 85.6 Å². The number of imidazole rings is 1. The van der Waals surface area contributed by atoms with Crippen LogP contribution in [0, 0.1) is 0 Å². The summed E-state index contributed by atoms with van der Waals surface area (Å²) >= 11 is 9.56. The molecule has 194 valence electrons. The van der Waals surface area contributed by atoms with Crippen molar-refractivity contribution in [2.24, 2.45) is 0 Å². The van der Waals surface area contributed by atoms with Gasteiger partial charge in [0.15, 0.2) is 0 Å². The number of nitrogens with zero attached hydrogens (tertiary/aromatic N) is 3. The second-order valence-corrected chi connectivity index (χ2v) is 10.1. The lowest BCUT2D eigenvalue weighted by Crippen LogP contribution is -2.41. The number of carbonyl (C=O) groups excluding carboxylic acids is 2. The summed E-state index contributed by atoms with van der Waals surface area (Å²) < 4.78 is 8.96. The van der Waals surface area contributed by atoms with Crippen LogP contribution < -0.4 is 15.7 Å². The highest BCUT2D eigenvalue weighted by Gasteiger charge is 2.32. The molecule has 10 heteroatoms.